The van der Waals surface area contributed by atoms with E-state index in [9.17, 15) is 9.90 Å². The molecule has 0 radical (unpaired) electrons. The number of fused-ring (bicyclic) bond motifs is 1. The third-order valence-electron chi connectivity index (χ3n) is 3.43. The average molecular weight is 296 g/mol. The maximum Gasteiger partial charge on any atom is 0.196 e. The van der Waals surface area contributed by atoms with E-state index in [2.05, 4.69) is 0 Å². The quantitative estimate of drug-likeness (QED) is 0.881. The van der Waals surface area contributed by atoms with Gasteiger partial charge in [-0.05, 0) is 42.8 Å². The minimum absolute atomic E-state index is 0.0344. The smallest absolute Gasteiger partial charge is 0.196 e. The summed E-state index contributed by atoms with van der Waals surface area (Å²) in [7, 11) is 0. The monoisotopic (exact) mass is 296 g/mol. The zero-order chi connectivity index (χ0) is 15.5. The lowest BCUT2D eigenvalue weighted by molar-refractivity contribution is 0.100. The molecule has 4 heteroatoms. The van der Waals surface area contributed by atoms with Gasteiger partial charge >= 0.3 is 0 Å². The molecule has 0 bridgehead atoms. The molecule has 0 spiro atoms. The fourth-order valence-electron chi connectivity index (χ4n) is 2.37. The van der Waals surface area contributed by atoms with Crippen LogP contribution in [0.4, 0.5) is 0 Å². The van der Waals surface area contributed by atoms with Gasteiger partial charge in [0, 0.05) is 5.57 Å². The Labute approximate surface area is 128 Å². The number of rotatable bonds is 3. The summed E-state index contributed by atoms with van der Waals surface area (Å²) < 4.78 is 11.0. The second-order valence-corrected chi connectivity index (χ2v) is 4.94. The molecule has 1 aliphatic heterocycles. The molecule has 0 atom stereocenters. The molecule has 0 fully saturated rings. The van der Waals surface area contributed by atoms with Crippen LogP contribution in [0.25, 0.3) is 6.08 Å². The van der Waals surface area contributed by atoms with Crippen LogP contribution in [0.2, 0.25) is 0 Å². The van der Waals surface area contributed by atoms with Crippen LogP contribution in [-0.2, 0) is 0 Å². The van der Waals surface area contributed by atoms with E-state index in [1.807, 2.05) is 19.1 Å². The molecule has 22 heavy (non-hydrogen) atoms. The summed E-state index contributed by atoms with van der Waals surface area (Å²) in [6.45, 7) is 2.55. The van der Waals surface area contributed by atoms with Gasteiger partial charge in [0.15, 0.2) is 17.3 Å². The van der Waals surface area contributed by atoms with Crippen LogP contribution in [0.15, 0.2) is 48.0 Å². The number of carbonyl (C=O) groups excluding carboxylic acids is 1. The summed E-state index contributed by atoms with van der Waals surface area (Å²) in [4.78, 5) is 12.5. The minimum Gasteiger partial charge on any atom is -0.504 e. The molecular weight excluding hydrogens is 280 g/mol. The number of phenolic OH excluding ortho intramolecular Hbond substituents is 1. The predicted molar refractivity (Wildman–Crippen MR) is 83.5 cm³/mol. The van der Waals surface area contributed by atoms with E-state index in [0.29, 0.717) is 29.2 Å². The lowest BCUT2D eigenvalue weighted by atomic mass is 9.98. The van der Waals surface area contributed by atoms with Gasteiger partial charge in [-0.1, -0.05) is 18.2 Å². The van der Waals surface area contributed by atoms with Crippen LogP contribution >= 0.6 is 0 Å². The highest BCUT2D eigenvalue weighted by atomic mass is 16.5. The maximum absolute atomic E-state index is 12.5. The van der Waals surface area contributed by atoms with E-state index in [1.165, 1.54) is 0 Å². The number of para-hydroxylation sites is 1. The number of Topliss-reactive ketones (excluding diaryl/α,β-unsaturated/α-hetero) is 1. The molecule has 1 aliphatic rings. The summed E-state index contributed by atoms with van der Waals surface area (Å²) in [5, 5.41) is 9.72. The van der Waals surface area contributed by atoms with Gasteiger partial charge in [0.05, 0.1) is 12.2 Å². The molecule has 0 saturated carbocycles. The highest BCUT2D eigenvalue weighted by molar-refractivity contribution is 6.14. The third kappa shape index (κ3) is 2.68. The zero-order valence-corrected chi connectivity index (χ0v) is 12.2. The van der Waals surface area contributed by atoms with E-state index in [-0.39, 0.29) is 18.1 Å². The van der Waals surface area contributed by atoms with Crippen LogP contribution in [0.1, 0.15) is 22.8 Å². The molecule has 1 N–H and O–H groups in total. The molecule has 2 aromatic rings. The summed E-state index contributed by atoms with van der Waals surface area (Å²) in [5.74, 6) is 1.07. The first-order chi connectivity index (χ1) is 10.7. The van der Waals surface area contributed by atoms with Gasteiger partial charge in [-0.3, -0.25) is 4.79 Å². The summed E-state index contributed by atoms with van der Waals surface area (Å²) in [6, 6.07) is 12.2. The molecule has 0 unspecified atom stereocenters. The van der Waals surface area contributed by atoms with Crippen molar-refractivity contribution in [3.63, 3.8) is 0 Å². The Morgan fingerprint density at radius 3 is 2.91 bits per heavy atom. The van der Waals surface area contributed by atoms with Crippen molar-refractivity contribution >= 4 is 11.9 Å². The molecule has 0 aliphatic carbocycles. The molecule has 0 aromatic heterocycles. The summed E-state index contributed by atoms with van der Waals surface area (Å²) >= 11 is 0. The Kier molecular flexibility index (Phi) is 3.83. The van der Waals surface area contributed by atoms with Gasteiger partial charge in [0.25, 0.3) is 0 Å². The van der Waals surface area contributed by atoms with Crippen LogP contribution in [0, 0.1) is 0 Å². The zero-order valence-electron chi connectivity index (χ0n) is 12.2. The first-order valence-electron chi connectivity index (χ1n) is 7.12. The van der Waals surface area contributed by atoms with Gasteiger partial charge in [-0.25, -0.2) is 0 Å². The Morgan fingerprint density at radius 2 is 2.09 bits per heavy atom. The van der Waals surface area contributed by atoms with Crippen molar-refractivity contribution in [2.45, 2.75) is 6.92 Å². The Morgan fingerprint density at radius 1 is 1.27 bits per heavy atom. The number of carbonyl (C=O) groups is 1. The van der Waals surface area contributed by atoms with Crippen molar-refractivity contribution in [2.24, 2.45) is 0 Å². The molecular formula is C18H16O4. The van der Waals surface area contributed by atoms with Crippen molar-refractivity contribution in [2.75, 3.05) is 13.2 Å². The summed E-state index contributed by atoms with van der Waals surface area (Å²) in [5.41, 5.74) is 1.93. The second kappa shape index (κ2) is 5.93. The fraction of sp³-hybridized carbons (Fsp3) is 0.167. The standard InChI is InChI=1S/C18H16O4/c1-2-21-17-10-12(7-8-15(17)19)9-13-11-22-16-6-4-3-5-14(16)18(13)20/h3-10,19H,2,11H2,1H3/b13-9-. The van der Waals surface area contributed by atoms with Gasteiger partial charge in [-0.15, -0.1) is 0 Å². The van der Waals surface area contributed by atoms with Crippen LogP contribution in [0.3, 0.4) is 0 Å². The normalized spacial score (nSPS) is 15.3. The number of hydrogen-bond acceptors (Lipinski definition) is 4. The number of ketones is 1. The topological polar surface area (TPSA) is 55.8 Å². The Bertz CT molecular complexity index is 747. The fourth-order valence-corrected chi connectivity index (χ4v) is 2.37. The number of aromatic hydroxyl groups is 1. The average Bonchev–Trinajstić information content (AvgIpc) is 2.54. The van der Waals surface area contributed by atoms with Gasteiger partial charge in [-0.2, -0.15) is 0 Å². The molecule has 2 aromatic carbocycles. The van der Waals surface area contributed by atoms with Crippen molar-refractivity contribution in [3.05, 3.63) is 59.2 Å². The van der Waals surface area contributed by atoms with Crippen molar-refractivity contribution in [1.82, 2.24) is 0 Å². The largest absolute Gasteiger partial charge is 0.504 e. The Balaban J connectivity index is 1.93. The van der Waals surface area contributed by atoms with E-state index in [0.717, 1.165) is 5.56 Å². The number of ether oxygens (including phenoxy) is 2. The van der Waals surface area contributed by atoms with E-state index in [4.69, 9.17) is 9.47 Å². The number of hydrogen-bond donors (Lipinski definition) is 1. The lowest BCUT2D eigenvalue weighted by Crippen LogP contribution is -2.18. The minimum atomic E-state index is -0.0344. The first kappa shape index (κ1) is 14.2. The van der Waals surface area contributed by atoms with Crippen LogP contribution < -0.4 is 9.47 Å². The maximum atomic E-state index is 12.5. The molecule has 112 valence electrons. The SMILES string of the molecule is CCOc1cc(/C=C2/COc3ccccc3C2=O)ccc1O. The van der Waals surface area contributed by atoms with Gasteiger partial charge in [0.2, 0.25) is 0 Å². The number of benzene rings is 2. The Hall–Kier alpha value is -2.75. The molecule has 0 saturated heterocycles. The first-order valence-corrected chi connectivity index (χ1v) is 7.12. The van der Waals surface area contributed by atoms with E-state index in [1.54, 1.807) is 36.4 Å². The number of phenols is 1. The van der Waals surface area contributed by atoms with Crippen LogP contribution in [-0.4, -0.2) is 24.1 Å². The predicted octanol–water partition coefficient (Wildman–Crippen LogP) is 3.45. The van der Waals surface area contributed by atoms with Gasteiger partial charge < -0.3 is 14.6 Å². The van der Waals surface area contributed by atoms with Gasteiger partial charge in [0.1, 0.15) is 12.4 Å². The van der Waals surface area contributed by atoms with Crippen molar-refractivity contribution in [3.8, 4) is 17.2 Å². The van der Waals surface area contributed by atoms with Crippen molar-refractivity contribution < 1.29 is 19.4 Å². The molecule has 1 heterocycles. The molecule has 0 amide bonds. The molecule has 3 rings (SSSR count). The second-order valence-electron chi connectivity index (χ2n) is 4.94. The van der Waals surface area contributed by atoms with Crippen molar-refractivity contribution in [1.29, 1.82) is 0 Å². The third-order valence-corrected chi connectivity index (χ3v) is 3.43. The van der Waals surface area contributed by atoms with Crippen LogP contribution in [0.5, 0.6) is 17.2 Å². The highest BCUT2D eigenvalue weighted by Crippen LogP contribution is 2.30. The van der Waals surface area contributed by atoms with E-state index >= 15 is 0 Å². The lowest BCUT2D eigenvalue weighted by Gasteiger charge is -2.18. The highest BCUT2D eigenvalue weighted by Gasteiger charge is 2.22. The molecule has 4 nitrogen and oxygen atoms in total. The summed E-state index contributed by atoms with van der Waals surface area (Å²) in [6.07, 6.45) is 1.76. The van der Waals surface area contributed by atoms with E-state index < -0.39 is 0 Å².